The van der Waals surface area contributed by atoms with E-state index >= 15 is 0 Å². The Hall–Kier alpha value is -1.40. The van der Waals surface area contributed by atoms with E-state index in [-0.39, 0.29) is 0 Å². The summed E-state index contributed by atoms with van der Waals surface area (Å²) in [6, 6.07) is 5.17. The van der Waals surface area contributed by atoms with E-state index in [9.17, 15) is 0 Å². The van der Waals surface area contributed by atoms with Crippen molar-refractivity contribution in [3.05, 3.63) is 23.2 Å². The molecule has 0 heterocycles. The Balaban J connectivity index is 0.000000461. The van der Waals surface area contributed by atoms with Gasteiger partial charge in [-0.1, -0.05) is 17.7 Å². The quantitative estimate of drug-likeness (QED) is 0.580. The van der Waals surface area contributed by atoms with Crippen molar-refractivity contribution in [3.63, 3.8) is 0 Å². The lowest BCUT2D eigenvalue weighted by Crippen LogP contribution is -1.90. The zero-order valence-electron chi connectivity index (χ0n) is 5.79. The number of nitriles is 1. The van der Waals surface area contributed by atoms with Gasteiger partial charge in [0.2, 0.25) is 0 Å². The van der Waals surface area contributed by atoms with Crippen LogP contribution in [0.3, 0.4) is 0 Å². The molecule has 1 aromatic rings. The Labute approximate surface area is 70.2 Å². The predicted molar refractivity (Wildman–Crippen MR) is 46.9 cm³/mol. The number of hydrogen-bond acceptors (Lipinski definition) is 3. The van der Waals surface area contributed by atoms with Crippen LogP contribution in [0.1, 0.15) is 0 Å². The van der Waals surface area contributed by atoms with Gasteiger partial charge in [0.1, 0.15) is 0 Å². The van der Waals surface area contributed by atoms with E-state index in [1.165, 1.54) is 0 Å². The molecule has 1 aromatic carbocycles. The molecule has 0 amide bonds. The number of rotatable bonds is 0. The first-order chi connectivity index (χ1) is 5.22. The van der Waals surface area contributed by atoms with Crippen molar-refractivity contribution < 1.29 is 0 Å². The van der Waals surface area contributed by atoms with Crippen LogP contribution in [0.5, 0.6) is 0 Å². The number of halogens is 1. The van der Waals surface area contributed by atoms with Gasteiger partial charge in [-0.3, -0.25) is 0 Å². The molecule has 0 aliphatic rings. The van der Waals surface area contributed by atoms with Crippen LogP contribution in [0, 0.1) is 11.8 Å². The molecule has 0 radical (unpaired) electrons. The summed E-state index contributed by atoms with van der Waals surface area (Å²) in [7, 11) is 0. The minimum Gasteiger partial charge on any atom is -0.397 e. The Morgan fingerprint density at radius 1 is 1.18 bits per heavy atom. The van der Waals surface area contributed by atoms with Gasteiger partial charge in [0.15, 0.2) is 0 Å². The molecule has 0 saturated heterocycles. The van der Waals surface area contributed by atoms with E-state index in [1.807, 2.05) is 0 Å². The minimum atomic E-state index is 0.442. The number of hydrogen-bond donors (Lipinski definition) is 2. The lowest BCUT2D eigenvalue weighted by molar-refractivity contribution is 1.58. The Morgan fingerprint density at radius 3 is 1.82 bits per heavy atom. The van der Waals surface area contributed by atoms with Gasteiger partial charge >= 0.3 is 0 Å². The number of nitrogen functional groups attached to an aromatic ring is 2. The van der Waals surface area contributed by atoms with Crippen molar-refractivity contribution in [1.29, 1.82) is 5.26 Å². The second-order valence-corrected chi connectivity index (χ2v) is 2.13. The third kappa shape index (κ3) is 2.36. The number of anilines is 2. The van der Waals surface area contributed by atoms with E-state index in [1.54, 1.807) is 18.2 Å². The van der Waals surface area contributed by atoms with Crippen LogP contribution in [0.2, 0.25) is 5.02 Å². The van der Waals surface area contributed by atoms with Gasteiger partial charge in [-0.15, -0.1) is 0 Å². The fourth-order valence-electron chi connectivity index (χ4n) is 0.568. The number of nitrogens with two attached hydrogens (primary N) is 2. The van der Waals surface area contributed by atoms with Crippen molar-refractivity contribution in [2.75, 3.05) is 11.5 Å². The standard InChI is InChI=1S/C6H7ClN2.CHN/c7-6-4(8)2-1-3-5(6)9;1-2/h1-3H,8-9H2;1H. The van der Waals surface area contributed by atoms with Crippen molar-refractivity contribution >= 4 is 23.0 Å². The SMILES string of the molecule is C#N.Nc1cccc(N)c1Cl. The normalized spacial score (nSPS) is 7.91. The van der Waals surface area contributed by atoms with E-state index in [0.29, 0.717) is 16.4 Å². The summed E-state index contributed by atoms with van der Waals surface area (Å²) in [5.41, 5.74) is 11.9. The topological polar surface area (TPSA) is 75.8 Å². The second kappa shape index (κ2) is 4.42. The van der Waals surface area contributed by atoms with Gasteiger partial charge in [0.05, 0.1) is 16.4 Å². The van der Waals surface area contributed by atoms with Crippen LogP contribution in [-0.4, -0.2) is 0 Å². The highest BCUT2D eigenvalue weighted by Gasteiger charge is 1.96. The Kier molecular flexibility index (Phi) is 3.86. The molecule has 11 heavy (non-hydrogen) atoms. The zero-order valence-corrected chi connectivity index (χ0v) is 6.55. The van der Waals surface area contributed by atoms with Crippen molar-refractivity contribution in [1.82, 2.24) is 0 Å². The molecule has 0 unspecified atom stereocenters. The molecular formula is C7H8ClN3. The molecule has 58 valence electrons. The maximum Gasteiger partial charge on any atom is 0.0864 e. The third-order valence-corrected chi connectivity index (χ3v) is 1.49. The summed E-state index contributed by atoms with van der Waals surface area (Å²) in [6.07, 6.45) is 0. The van der Waals surface area contributed by atoms with Crippen LogP contribution >= 0.6 is 11.6 Å². The highest BCUT2D eigenvalue weighted by atomic mass is 35.5. The lowest BCUT2D eigenvalue weighted by Gasteiger charge is -1.98. The van der Waals surface area contributed by atoms with Crippen LogP contribution < -0.4 is 11.5 Å². The first-order valence-electron chi connectivity index (χ1n) is 2.77. The Morgan fingerprint density at radius 2 is 1.55 bits per heavy atom. The highest BCUT2D eigenvalue weighted by Crippen LogP contribution is 2.24. The van der Waals surface area contributed by atoms with Gasteiger partial charge in [-0.25, -0.2) is 5.26 Å². The Bertz CT molecular complexity index is 237. The van der Waals surface area contributed by atoms with Gasteiger partial charge in [0.25, 0.3) is 0 Å². The van der Waals surface area contributed by atoms with Crippen molar-refractivity contribution in [2.45, 2.75) is 0 Å². The molecule has 4 heteroatoms. The van der Waals surface area contributed by atoms with E-state index in [0.717, 1.165) is 0 Å². The molecule has 0 spiro atoms. The van der Waals surface area contributed by atoms with Crippen LogP contribution in [0.4, 0.5) is 11.4 Å². The molecular weight excluding hydrogens is 162 g/mol. The first-order valence-corrected chi connectivity index (χ1v) is 3.15. The fourth-order valence-corrected chi connectivity index (χ4v) is 0.694. The summed E-state index contributed by atoms with van der Waals surface area (Å²) in [5, 5.41) is 6.94. The number of nitrogens with zero attached hydrogens (tertiary/aromatic N) is 1. The zero-order chi connectivity index (χ0) is 8.85. The van der Waals surface area contributed by atoms with Crippen molar-refractivity contribution in [3.8, 4) is 6.57 Å². The lowest BCUT2D eigenvalue weighted by atomic mass is 10.3. The van der Waals surface area contributed by atoms with Gasteiger partial charge in [-0.05, 0) is 12.1 Å². The fraction of sp³-hybridized carbons (Fsp3) is 0. The summed E-state index contributed by atoms with van der Waals surface area (Å²) < 4.78 is 0. The molecule has 4 N–H and O–H groups in total. The van der Waals surface area contributed by atoms with E-state index < -0.39 is 0 Å². The minimum absolute atomic E-state index is 0.442. The summed E-state index contributed by atoms with van der Waals surface area (Å²) in [4.78, 5) is 0. The first kappa shape index (κ1) is 9.60. The molecule has 0 aliphatic heterocycles. The molecule has 1 rings (SSSR count). The molecule has 0 aromatic heterocycles. The summed E-state index contributed by atoms with van der Waals surface area (Å²) in [5.74, 6) is 0. The molecule has 0 fully saturated rings. The molecule has 0 aliphatic carbocycles. The van der Waals surface area contributed by atoms with E-state index in [4.69, 9.17) is 28.3 Å². The van der Waals surface area contributed by atoms with Crippen LogP contribution in [0.15, 0.2) is 18.2 Å². The largest absolute Gasteiger partial charge is 0.397 e. The van der Waals surface area contributed by atoms with Gasteiger partial charge in [-0.2, -0.15) is 0 Å². The maximum absolute atomic E-state index is 6.50. The summed E-state index contributed by atoms with van der Waals surface area (Å²) >= 11 is 5.63. The van der Waals surface area contributed by atoms with Crippen LogP contribution in [-0.2, 0) is 0 Å². The molecule has 3 nitrogen and oxygen atoms in total. The monoisotopic (exact) mass is 169 g/mol. The molecule has 0 atom stereocenters. The van der Waals surface area contributed by atoms with Gasteiger partial charge < -0.3 is 11.5 Å². The highest BCUT2D eigenvalue weighted by molar-refractivity contribution is 6.35. The molecule has 0 saturated carbocycles. The average molecular weight is 170 g/mol. The summed E-state index contributed by atoms with van der Waals surface area (Å²) in [6.45, 7) is 3.50. The average Bonchev–Trinajstić information content (AvgIpc) is 2.04. The second-order valence-electron chi connectivity index (χ2n) is 1.75. The molecule has 0 bridgehead atoms. The van der Waals surface area contributed by atoms with E-state index in [2.05, 4.69) is 6.57 Å². The van der Waals surface area contributed by atoms with Crippen LogP contribution in [0.25, 0.3) is 0 Å². The maximum atomic E-state index is 6.50. The predicted octanol–water partition coefficient (Wildman–Crippen LogP) is 1.64. The number of benzene rings is 1. The smallest absolute Gasteiger partial charge is 0.0864 e. The van der Waals surface area contributed by atoms with Crippen molar-refractivity contribution in [2.24, 2.45) is 0 Å². The third-order valence-electron chi connectivity index (χ3n) is 1.06. The van der Waals surface area contributed by atoms with Gasteiger partial charge in [0, 0.05) is 6.57 Å².